The van der Waals surface area contributed by atoms with E-state index < -0.39 is 0 Å². The van der Waals surface area contributed by atoms with Crippen LogP contribution in [0.25, 0.3) is 0 Å². The quantitative estimate of drug-likeness (QED) is 0.293. The third-order valence-corrected chi connectivity index (χ3v) is 7.81. The first-order valence-electron chi connectivity index (χ1n) is 12.5. The molecule has 0 atom stereocenters. The van der Waals surface area contributed by atoms with Crippen molar-refractivity contribution in [1.82, 2.24) is 0 Å². The minimum Gasteiger partial charge on any atom is -0.423 e. The van der Waals surface area contributed by atoms with Crippen molar-refractivity contribution < 1.29 is 9.53 Å². The van der Waals surface area contributed by atoms with Crippen LogP contribution in [0.3, 0.4) is 0 Å². The Morgan fingerprint density at radius 2 is 1.41 bits per heavy atom. The molecule has 0 unspecified atom stereocenters. The monoisotopic (exact) mass is 434 g/mol. The van der Waals surface area contributed by atoms with Crippen LogP contribution in [0, 0.1) is 17.8 Å². The first-order chi connectivity index (χ1) is 15.5. The molecule has 4 rings (SSSR count). The van der Waals surface area contributed by atoms with Gasteiger partial charge in [0.05, 0.1) is 5.56 Å². The van der Waals surface area contributed by atoms with Gasteiger partial charge in [0.1, 0.15) is 5.75 Å². The highest BCUT2D eigenvalue weighted by Crippen LogP contribution is 2.44. The third kappa shape index (κ3) is 5.65. The Bertz CT molecular complexity index is 872. The number of esters is 1. The zero-order valence-corrected chi connectivity index (χ0v) is 19.4. The maximum absolute atomic E-state index is 12.5. The lowest BCUT2D eigenvalue weighted by Gasteiger charge is -2.38. The average molecular weight is 435 g/mol. The maximum Gasteiger partial charge on any atom is 0.343 e. The molecule has 4 N–H and O–H groups in total. The Labute approximate surface area is 192 Å². The number of carbonyl (C=O) groups is 1. The SMILES string of the molecule is CCCC1CCC(C2CCC(c3ccc(C(=O)Oc4cc(N)cc(N)c4)cc3)CC2)CC1. The summed E-state index contributed by atoms with van der Waals surface area (Å²) in [6, 6.07) is 12.8. The van der Waals surface area contributed by atoms with E-state index in [0.717, 1.165) is 17.8 Å². The Kier molecular flexibility index (Phi) is 7.39. The smallest absolute Gasteiger partial charge is 0.343 e. The van der Waals surface area contributed by atoms with Gasteiger partial charge in [-0.05, 0) is 86.0 Å². The molecule has 2 fully saturated rings. The molecule has 0 amide bonds. The van der Waals surface area contributed by atoms with Crippen LogP contribution in [0.2, 0.25) is 0 Å². The Balaban J connectivity index is 1.28. The van der Waals surface area contributed by atoms with Crippen molar-refractivity contribution in [3.8, 4) is 5.75 Å². The number of hydrogen-bond donors (Lipinski definition) is 2. The highest BCUT2D eigenvalue weighted by atomic mass is 16.5. The van der Waals surface area contributed by atoms with Crippen LogP contribution in [-0.4, -0.2) is 5.97 Å². The molecule has 0 heterocycles. The summed E-state index contributed by atoms with van der Waals surface area (Å²) in [4.78, 5) is 12.5. The molecule has 0 aromatic heterocycles. The zero-order chi connectivity index (χ0) is 22.5. The first-order valence-corrected chi connectivity index (χ1v) is 12.5. The minimum absolute atomic E-state index is 0.374. The highest BCUT2D eigenvalue weighted by molar-refractivity contribution is 5.91. The standard InChI is InChI=1S/C28H38N2O2/c1-2-3-19-4-6-20(7-5-19)21-8-10-22(11-9-21)23-12-14-24(15-13-23)28(31)32-27-17-25(29)16-26(30)18-27/h12-22H,2-11,29-30H2,1H3. The predicted octanol–water partition coefficient (Wildman–Crippen LogP) is 6.95. The molecule has 172 valence electrons. The number of benzene rings is 2. The van der Waals surface area contributed by atoms with Crippen LogP contribution in [0.5, 0.6) is 5.75 Å². The fourth-order valence-electron chi connectivity index (χ4n) is 6.04. The Hall–Kier alpha value is -2.49. The summed E-state index contributed by atoms with van der Waals surface area (Å²) >= 11 is 0. The molecule has 4 nitrogen and oxygen atoms in total. The molecule has 0 aliphatic heterocycles. The van der Waals surface area contributed by atoms with Gasteiger partial charge in [-0.1, -0.05) is 44.7 Å². The van der Waals surface area contributed by atoms with Crippen LogP contribution in [0.4, 0.5) is 11.4 Å². The predicted molar refractivity (Wildman–Crippen MR) is 132 cm³/mol. The molecule has 2 aliphatic rings. The topological polar surface area (TPSA) is 78.3 Å². The van der Waals surface area contributed by atoms with Crippen LogP contribution >= 0.6 is 0 Å². The van der Waals surface area contributed by atoms with Gasteiger partial charge >= 0.3 is 5.97 Å². The van der Waals surface area contributed by atoms with E-state index in [-0.39, 0.29) is 5.97 Å². The van der Waals surface area contributed by atoms with Crippen molar-refractivity contribution in [2.75, 3.05) is 11.5 Å². The van der Waals surface area contributed by atoms with Gasteiger partial charge in [-0.15, -0.1) is 0 Å². The van der Waals surface area contributed by atoms with E-state index >= 15 is 0 Å². The molecular weight excluding hydrogens is 396 g/mol. The number of ether oxygens (including phenoxy) is 1. The molecule has 2 aromatic rings. The summed E-state index contributed by atoms with van der Waals surface area (Å²) in [5, 5.41) is 0. The number of carbonyl (C=O) groups excluding carboxylic acids is 1. The van der Waals surface area contributed by atoms with E-state index in [1.807, 2.05) is 12.1 Å². The zero-order valence-electron chi connectivity index (χ0n) is 19.4. The van der Waals surface area contributed by atoms with E-state index in [2.05, 4.69) is 19.1 Å². The van der Waals surface area contributed by atoms with Crippen LogP contribution in [0.1, 0.15) is 93.0 Å². The summed E-state index contributed by atoms with van der Waals surface area (Å²) in [5.41, 5.74) is 14.4. The van der Waals surface area contributed by atoms with Crippen LogP contribution in [-0.2, 0) is 0 Å². The van der Waals surface area contributed by atoms with Gasteiger partial charge in [0, 0.05) is 23.5 Å². The van der Waals surface area contributed by atoms with Crippen molar-refractivity contribution in [2.24, 2.45) is 17.8 Å². The normalized spacial score (nSPS) is 25.9. The van der Waals surface area contributed by atoms with E-state index in [0.29, 0.717) is 28.6 Å². The van der Waals surface area contributed by atoms with Gasteiger partial charge in [0.25, 0.3) is 0 Å². The molecular formula is C28H38N2O2. The van der Waals surface area contributed by atoms with E-state index in [1.165, 1.54) is 69.8 Å². The summed E-state index contributed by atoms with van der Waals surface area (Å²) in [6.07, 6.45) is 13.8. The lowest BCUT2D eigenvalue weighted by molar-refractivity contribution is 0.0735. The summed E-state index contributed by atoms with van der Waals surface area (Å²) in [7, 11) is 0. The highest BCUT2D eigenvalue weighted by Gasteiger charge is 2.31. The molecule has 2 aliphatic carbocycles. The van der Waals surface area contributed by atoms with Crippen molar-refractivity contribution >= 4 is 17.3 Å². The lowest BCUT2D eigenvalue weighted by Crippen LogP contribution is -2.25. The van der Waals surface area contributed by atoms with Crippen molar-refractivity contribution in [2.45, 2.75) is 77.0 Å². The molecule has 0 radical (unpaired) electrons. The third-order valence-electron chi connectivity index (χ3n) is 7.81. The average Bonchev–Trinajstić information content (AvgIpc) is 2.79. The van der Waals surface area contributed by atoms with Gasteiger partial charge in [-0.25, -0.2) is 4.79 Å². The molecule has 2 saturated carbocycles. The summed E-state index contributed by atoms with van der Waals surface area (Å²) in [6.45, 7) is 2.32. The molecule has 32 heavy (non-hydrogen) atoms. The van der Waals surface area contributed by atoms with E-state index in [1.54, 1.807) is 18.2 Å². The fraction of sp³-hybridized carbons (Fsp3) is 0.536. The number of rotatable bonds is 6. The van der Waals surface area contributed by atoms with Crippen LogP contribution < -0.4 is 16.2 Å². The van der Waals surface area contributed by atoms with Crippen LogP contribution in [0.15, 0.2) is 42.5 Å². The summed E-state index contributed by atoms with van der Waals surface area (Å²) < 4.78 is 5.45. The van der Waals surface area contributed by atoms with Gasteiger partial charge in [0.15, 0.2) is 0 Å². The molecule has 2 aromatic carbocycles. The molecule has 4 heteroatoms. The Morgan fingerprint density at radius 1 is 0.844 bits per heavy atom. The molecule has 0 saturated heterocycles. The number of nitrogens with two attached hydrogens (primary N) is 2. The van der Waals surface area contributed by atoms with Crippen molar-refractivity contribution in [3.05, 3.63) is 53.6 Å². The minimum atomic E-state index is -0.385. The summed E-state index contributed by atoms with van der Waals surface area (Å²) in [5.74, 6) is 3.48. The second-order valence-corrected chi connectivity index (χ2v) is 10.0. The van der Waals surface area contributed by atoms with Gasteiger partial charge in [0.2, 0.25) is 0 Å². The van der Waals surface area contributed by atoms with E-state index in [9.17, 15) is 4.79 Å². The number of nitrogen functional groups attached to an aromatic ring is 2. The van der Waals surface area contributed by atoms with Crippen molar-refractivity contribution in [3.63, 3.8) is 0 Å². The Morgan fingerprint density at radius 3 is 1.97 bits per heavy atom. The van der Waals surface area contributed by atoms with Crippen molar-refractivity contribution in [1.29, 1.82) is 0 Å². The lowest BCUT2D eigenvalue weighted by atomic mass is 9.68. The maximum atomic E-state index is 12.5. The van der Waals surface area contributed by atoms with Gasteiger partial charge < -0.3 is 16.2 Å². The number of hydrogen-bond acceptors (Lipinski definition) is 4. The van der Waals surface area contributed by atoms with Gasteiger partial charge in [-0.2, -0.15) is 0 Å². The molecule has 0 spiro atoms. The number of anilines is 2. The van der Waals surface area contributed by atoms with E-state index in [4.69, 9.17) is 16.2 Å². The fourth-order valence-corrected chi connectivity index (χ4v) is 6.04. The van der Waals surface area contributed by atoms with Gasteiger partial charge in [-0.3, -0.25) is 0 Å². The first kappa shape index (κ1) is 22.7. The second kappa shape index (κ2) is 10.4. The largest absolute Gasteiger partial charge is 0.423 e. The second-order valence-electron chi connectivity index (χ2n) is 10.0. The molecule has 0 bridgehead atoms.